The summed E-state index contributed by atoms with van der Waals surface area (Å²) in [7, 11) is 0.954. The molecule has 9 nitrogen and oxygen atoms in total. The van der Waals surface area contributed by atoms with E-state index in [1.807, 2.05) is 12.3 Å². The van der Waals surface area contributed by atoms with Gasteiger partial charge in [0.1, 0.15) is 0 Å². The summed E-state index contributed by atoms with van der Waals surface area (Å²) in [6, 6.07) is 12.4. The molecule has 0 saturated carbocycles. The van der Waals surface area contributed by atoms with Crippen LogP contribution in [0.1, 0.15) is 47.2 Å². The topological polar surface area (TPSA) is 137 Å². The third-order valence-corrected chi connectivity index (χ3v) is 8.97. The number of hydrogen-bond donors (Lipinski definition) is 3. The lowest BCUT2D eigenvalue weighted by molar-refractivity contribution is -0.192. The lowest BCUT2D eigenvalue weighted by atomic mass is 9.88. The number of hydrogen-bond acceptors (Lipinski definition) is 5. The molecule has 0 radical (unpaired) electrons. The number of benzene rings is 2. The van der Waals surface area contributed by atoms with Gasteiger partial charge in [0.2, 0.25) is 10.0 Å². The molecule has 0 bridgehead atoms. The van der Waals surface area contributed by atoms with Crippen molar-refractivity contribution in [2.45, 2.75) is 38.3 Å². The number of carbonyl (C=O) groups excluding carboxylic acids is 1. The number of alkyl halides is 3. The molecule has 224 valence electrons. The van der Waals surface area contributed by atoms with Gasteiger partial charge in [0, 0.05) is 31.2 Å². The number of fused-ring (bicyclic) bond motifs is 1. The first-order valence-electron chi connectivity index (χ1n) is 13.1. The number of primary amides is 1. The number of likely N-dealkylation sites (N-methyl/N-ethyl adjacent to an activating group) is 1. The molecule has 1 saturated heterocycles. The molecular formula is C28H35F3N4O5S. The second-order valence-electron chi connectivity index (χ2n) is 10.2. The molecule has 0 unspecified atom stereocenters. The van der Waals surface area contributed by atoms with Crippen LogP contribution in [0.4, 0.5) is 13.2 Å². The quantitative estimate of drug-likeness (QED) is 0.357. The highest BCUT2D eigenvalue weighted by molar-refractivity contribution is 7.89. The fraction of sp³-hybridized carbons (Fsp3) is 0.429. The van der Waals surface area contributed by atoms with Crippen LogP contribution in [0.2, 0.25) is 0 Å². The van der Waals surface area contributed by atoms with Crippen molar-refractivity contribution in [2.24, 2.45) is 5.73 Å². The maximum atomic E-state index is 12.3. The van der Waals surface area contributed by atoms with E-state index in [9.17, 15) is 26.4 Å². The molecule has 4 rings (SSSR count). The number of carbonyl (C=O) groups is 2. The predicted octanol–water partition coefficient (Wildman–Crippen LogP) is 4.20. The number of aliphatic carboxylic acids is 1. The first-order valence-corrected chi connectivity index (χ1v) is 14.7. The molecule has 41 heavy (non-hydrogen) atoms. The number of carboxylic acids is 1. The Morgan fingerprint density at radius 2 is 1.76 bits per heavy atom. The molecule has 1 fully saturated rings. The number of carboxylic acid groups (broad SMARTS) is 1. The Hall–Kier alpha value is -3.42. The van der Waals surface area contributed by atoms with E-state index in [1.165, 1.54) is 5.56 Å². The Kier molecular flexibility index (Phi) is 10.2. The number of H-pyrrole nitrogens is 1. The van der Waals surface area contributed by atoms with Crippen molar-refractivity contribution in [3.8, 4) is 11.1 Å². The molecule has 3 aromatic rings. The predicted molar refractivity (Wildman–Crippen MR) is 151 cm³/mol. The van der Waals surface area contributed by atoms with Crippen LogP contribution < -0.4 is 5.73 Å². The minimum atomic E-state index is -5.08. The largest absolute Gasteiger partial charge is 0.490 e. The van der Waals surface area contributed by atoms with Gasteiger partial charge in [0.15, 0.2) is 0 Å². The number of rotatable bonds is 8. The van der Waals surface area contributed by atoms with Crippen molar-refractivity contribution in [1.82, 2.24) is 14.2 Å². The summed E-state index contributed by atoms with van der Waals surface area (Å²) in [5, 5.41) is 8.11. The van der Waals surface area contributed by atoms with Gasteiger partial charge in [-0.2, -0.15) is 13.2 Å². The second kappa shape index (κ2) is 13.0. The van der Waals surface area contributed by atoms with Crippen LogP contribution in [0.15, 0.2) is 42.6 Å². The summed E-state index contributed by atoms with van der Waals surface area (Å²) in [5.74, 6) is -2.87. The normalized spacial score (nSPS) is 15.1. The number of aromatic nitrogens is 1. The first-order chi connectivity index (χ1) is 19.1. The summed E-state index contributed by atoms with van der Waals surface area (Å²) >= 11 is 0. The Morgan fingerprint density at radius 1 is 1.12 bits per heavy atom. The smallest absolute Gasteiger partial charge is 0.475 e. The summed E-state index contributed by atoms with van der Waals surface area (Å²) in [5.41, 5.74) is 11.4. The Bertz CT molecular complexity index is 1490. The number of amides is 1. The van der Waals surface area contributed by atoms with E-state index in [4.69, 9.17) is 15.6 Å². The second-order valence-corrected chi connectivity index (χ2v) is 12.4. The molecule has 0 aliphatic carbocycles. The van der Waals surface area contributed by atoms with Crippen LogP contribution in [-0.2, 0) is 21.2 Å². The van der Waals surface area contributed by atoms with Gasteiger partial charge in [0.05, 0.1) is 16.8 Å². The molecule has 4 N–H and O–H groups in total. The first kappa shape index (κ1) is 32.1. The van der Waals surface area contributed by atoms with Crippen molar-refractivity contribution in [3.63, 3.8) is 0 Å². The average Bonchev–Trinajstić information content (AvgIpc) is 3.35. The van der Waals surface area contributed by atoms with Gasteiger partial charge >= 0.3 is 12.1 Å². The van der Waals surface area contributed by atoms with Crippen LogP contribution in [0, 0.1) is 0 Å². The van der Waals surface area contributed by atoms with Gasteiger partial charge in [-0.25, -0.2) is 17.5 Å². The van der Waals surface area contributed by atoms with Crippen molar-refractivity contribution in [1.29, 1.82) is 0 Å². The third kappa shape index (κ3) is 8.08. The maximum absolute atomic E-state index is 12.3. The molecular weight excluding hydrogens is 561 g/mol. The van der Waals surface area contributed by atoms with Gasteiger partial charge in [0.25, 0.3) is 5.91 Å². The van der Waals surface area contributed by atoms with Crippen molar-refractivity contribution >= 4 is 32.8 Å². The number of aromatic amines is 1. The highest BCUT2D eigenvalue weighted by Gasteiger charge is 2.38. The fourth-order valence-corrected chi connectivity index (χ4v) is 5.97. The maximum Gasteiger partial charge on any atom is 0.490 e. The van der Waals surface area contributed by atoms with E-state index in [0.29, 0.717) is 18.7 Å². The van der Waals surface area contributed by atoms with Gasteiger partial charge in [-0.1, -0.05) is 24.3 Å². The highest BCUT2D eigenvalue weighted by Crippen LogP contribution is 2.37. The van der Waals surface area contributed by atoms with Crippen molar-refractivity contribution in [3.05, 3.63) is 59.3 Å². The van der Waals surface area contributed by atoms with Crippen molar-refractivity contribution < 1.29 is 36.3 Å². The standard InChI is InChI=1S/C26H34N4O3S.C2HF3O2/c1-4-34(32,33)30-12-9-19(10-13-30)24-17-28-25-22(24)15-21(16-23(25)26(27)31)20-7-5-6-18(14-20)8-11-29(2)3;3-2(4,5)1(6)7/h5-7,14-17,19,28H,4,8-13H2,1-3H3,(H2,27,31);(H,6,7). The van der Waals surface area contributed by atoms with Crippen molar-refractivity contribution in [2.75, 3.05) is 39.5 Å². The van der Waals surface area contributed by atoms with Crippen LogP contribution >= 0.6 is 0 Å². The molecule has 1 amide bonds. The Balaban J connectivity index is 0.000000587. The highest BCUT2D eigenvalue weighted by atomic mass is 32.2. The fourth-order valence-electron chi connectivity index (χ4n) is 4.84. The minimum absolute atomic E-state index is 0.129. The van der Waals surface area contributed by atoms with E-state index >= 15 is 0 Å². The van der Waals surface area contributed by atoms with Crippen LogP contribution in [0.25, 0.3) is 22.0 Å². The van der Waals surface area contributed by atoms with Crippen LogP contribution in [-0.4, -0.2) is 85.2 Å². The van der Waals surface area contributed by atoms with E-state index in [0.717, 1.165) is 53.4 Å². The monoisotopic (exact) mass is 596 g/mol. The molecule has 2 aromatic carbocycles. The van der Waals surface area contributed by atoms with E-state index in [-0.39, 0.29) is 11.7 Å². The third-order valence-electron chi connectivity index (χ3n) is 7.09. The van der Waals surface area contributed by atoms with Gasteiger partial charge in [-0.15, -0.1) is 0 Å². The molecule has 0 atom stereocenters. The molecule has 1 aliphatic rings. The number of halogens is 3. The van der Waals surface area contributed by atoms with Gasteiger partial charge in [-0.3, -0.25) is 4.79 Å². The van der Waals surface area contributed by atoms with Crippen LogP contribution in [0.5, 0.6) is 0 Å². The molecule has 2 heterocycles. The summed E-state index contributed by atoms with van der Waals surface area (Å²) in [6.07, 6.45) is -0.673. The lowest BCUT2D eigenvalue weighted by Gasteiger charge is -2.31. The summed E-state index contributed by atoms with van der Waals surface area (Å²) < 4.78 is 57.8. The van der Waals surface area contributed by atoms with Gasteiger partial charge in [-0.05, 0) is 80.6 Å². The number of nitrogens with one attached hydrogen (secondary N) is 1. The molecule has 1 aromatic heterocycles. The lowest BCUT2D eigenvalue weighted by Crippen LogP contribution is -2.38. The SMILES string of the molecule is CCS(=O)(=O)N1CCC(c2c[nH]c3c(C(N)=O)cc(-c4cccc(CCN(C)C)c4)cc23)CC1.O=C(O)C(F)(F)F. The molecule has 1 aliphatic heterocycles. The summed E-state index contributed by atoms with van der Waals surface area (Å²) in [6.45, 7) is 3.68. The zero-order valence-electron chi connectivity index (χ0n) is 23.2. The number of nitrogens with two attached hydrogens (primary N) is 1. The summed E-state index contributed by atoms with van der Waals surface area (Å²) in [4.78, 5) is 26.7. The number of piperidine rings is 1. The number of nitrogens with zero attached hydrogens (tertiary/aromatic N) is 2. The molecule has 13 heteroatoms. The Labute approximate surface area is 237 Å². The van der Waals surface area contributed by atoms with E-state index in [2.05, 4.69) is 54.3 Å². The van der Waals surface area contributed by atoms with Gasteiger partial charge < -0.3 is 20.7 Å². The van der Waals surface area contributed by atoms with E-state index in [1.54, 1.807) is 11.2 Å². The zero-order chi connectivity index (χ0) is 30.5. The minimum Gasteiger partial charge on any atom is -0.475 e. The average molecular weight is 597 g/mol. The number of sulfonamides is 1. The zero-order valence-corrected chi connectivity index (χ0v) is 24.0. The van der Waals surface area contributed by atoms with E-state index < -0.39 is 28.1 Å². The Morgan fingerprint density at radius 3 is 2.29 bits per heavy atom. The molecule has 0 spiro atoms. The van der Waals surface area contributed by atoms with Crippen LogP contribution in [0.3, 0.4) is 0 Å².